The molecule has 0 atom stereocenters. The molecule has 0 spiro atoms. The maximum atomic E-state index is 13.4. The molecule has 0 unspecified atom stereocenters. The van der Waals surface area contributed by atoms with Crippen LogP contribution in [0.3, 0.4) is 0 Å². The molecule has 8 heteroatoms. The molecule has 4 rings (SSSR count). The molecule has 1 amide bonds. The summed E-state index contributed by atoms with van der Waals surface area (Å²) in [7, 11) is -2.07. The van der Waals surface area contributed by atoms with E-state index in [9.17, 15) is 13.2 Å². The number of hydrogen-bond acceptors (Lipinski definition) is 5. The van der Waals surface area contributed by atoms with E-state index in [-0.39, 0.29) is 22.7 Å². The summed E-state index contributed by atoms with van der Waals surface area (Å²) in [5.74, 6) is 1.20. The van der Waals surface area contributed by atoms with Crippen molar-refractivity contribution >= 4 is 15.7 Å². The minimum absolute atomic E-state index is 0.0633. The van der Waals surface area contributed by atoms with Crippen LogP contribution in [0.5, 0.6) is 5.75 Å². The van der Waals surface area contributed by atoms with Gasteiger partial charge in [-0.3, -0.25) is 4.79 Å². The number of benzene rings is 2. The van der Waals surface area contributed by atoms with Gasteiger partial charge in [0.15, 0.2) is 0 Å². The zero-order valence-corrected chi connectivity index (χ0v) is 21.4. The van der Waals surface area contributed by atoms with Gasteiger partial charge in [0.25, 0.3) is 5.91 Å². The van der Waals surface area contributed by atoms with Gasteiger partial charge in [-0.2, -0.15) is 0 Å². The third-order valence-electron chi connectivity index (χ3n) is 6.08. The number of rotatable bonds is 11. The Morgan fingerprint density at radius 1 is 1.11 bits per heavy atom. The van der Waals surface area contributed by atoms with E-state index in [2.05, 4.69) is 4.98 Å². The maximum absolute atomic E-state index is 13.4. The topological polar surface area (TPSA) is 81.5 Å². The lowest BCUT2D eigenvalue weighted by Gasteiger charge is -2.24. The Kier molecular flexibility index (Phi) is 7.60. The fraction of sp³-hybridized carbons (Fsp3) is 0.407. The first-order valence-corrected chi connectivity index (χ1v) is 13.7. The van der Waals surface area contributed by atoms with Crippen LogP contribution in [0.2, 0.25) is 0 Å². The molecule has 186 valence electrons. The summed E-state index contributed by atoms with van der Waals surface area (Å²) in [5, 5.41) is 0.0633. The molecule has 0 saturated heterocycles. The van der Waals surface area contributed by atoms with Crippen LogP contribution in [0.1, 0.15) is 48.3 Å². The van der Waals surface area contributed by atoms with Crippen molar-refractivity contribution in [3.63, 3.8) is 0 Å². The predicted molar refractivity (Wildman–Crippen MR) is 135 cm³/mol. The lowest BCUT2D eigenvalue weighted by molar-refractivity contribution is 0.0730. The monoisotopic (exact) mass is 495 g/mol. The number of carbonyl (C=O) groups excluding carboxylic acids is 1. The van der Waals surface area contributed by atoms with Gasteiger partial charge in [-0.25, -0.2) is 13.4 Å². The number of hydrogen-bond donors (Lipinski definition) is 0. The highest BCUT2D eigenvalue weighted by atomic mass is 32.2. The highest BCUT2D eigenvalue weighted by Crippen LogP contribution is 2.31. The van der Waals surface area contributed by atoms with E-state index < -0.39 is 9.84 Å². The summed E-state index contributed by atoms with van der Waals surface area (Å²) < 4.78 is 33.7. The third-order valence-corrected chi connectivity index (χ3v) is 7.68. The summed E-state index contributed by atoms with van der Waals surface area (Å²) >= 11 is 0. The second kappa shape index (κ2) is 10.6. The molecule has 1 fully saturated rings. The second-order valence-corrected chi connectivity index (χ2v) is 11.5. The van der Waals surface area contributed by atoms with Gasteiger partial charge in [-0.05, 0) is 54.5 Å². The Balaban J connectivity index is 1.63. The lowest BCUT2D eigenvalue weighted by atomic mass is 10.1. The first kappa shape index (κ1) is 25.0. The van der Waals surface area contributed by atoms with Crippen LogP contribution in [0, 0.1) is 11.8 Å². The summed E-state index contributed by atoms with van der Waals surface area (Å²) in [6, 6.07) is 16.2. The molecular weight excluding hydrogens is 462 g/mol. The molecule has 35 heavy (non-hydrogen) atoms. The van der Waals surface area contributed by atoms with Gasteiger partial charge in [-0.1, -0.05) is 44.2 Å². The van der Waals surface area contributed by atoms with Gasteiger partial charge in [0.1, 0.15) is 5.75 Å². The third kappa shape index (κ3) is 6.31. The normalized spacial score (nSPS) is 13.7. The second-order valence-electron chi connectivity index (χ2n) is 9.64. The van der Waals surface area contributed by atoms with E-state index in [0.29, 0.717) is 36.9 Å². The molecule has 0 radical (unpaired) electrons. The summed E-state index contributed by atoms with van der Waals surface area (Å²) in [6.07, 6.45) is 3.82. The van der Waals surface area contributed by atoms with E-state index in [1.54, 1.807) is 54.3 Å². The van der Waals surface area contributed by atoms with Crippen molar-refractivity contribution in [2.45, 2.75) is 50.7 Å². The Hall–Kier alpha value is -3.13. The molecule has 2 aromatic carbocycles. The Morgan fingerprint density at radius 2 is 1.80 bits per heavy atom. The van der Waals surface area contributed by atoms with Crippen molar-refractivity contribution in [3.8, 4) is 5.75 Å². The van der Waals surface area contributed by atoms with Crippen molar-refractivity contribution in [1.82, 2.24) is 14.5 Å². The van der Waals surface area contributed by atoms with E-state index in [4.69, 9.17) is 4.74 Å². The van der Waals surface area contributed by atoms with Crippen LogP contribution in [0.25, 0.3) is 0 Å². The maximum Gasteiger partial charge on any atom is 0.254 e. The largest absolute Gasteiger partial charge is 0.497 e. The minimum atomic E-state index is -3.66. The van der Waals surface area contributed by atoms with Crippen molar-refractivity contribution < 1.29 is 17.9 Å². The number of sulfone groups is 1. The molecule has 0 N–H and O–H groups in total. The highest BCUT2D eigenvalue weighted by molar-refractivity contribution is 7.90. The van der Waals surface area contributed by atoms with Crippen LogP contribution in [-0.2, 0) is 28.7 Å². The summed E-state index contributed by atoms with van der Waals surface area (Å²) in [4.78, 5) is 19.6. The fourth-order valence-corrected chi connectivity index (χ4v) is 5.63. The van der Waals surface area contributed by atoms with Crippen molar-refractivity contribution in [3.05, 3.63) is 77.6 Å². The molecule has 7 nitrogen and oxygen atoms in total. The molecule has 1 aliphatic carbocycles. The van der Waals surface area contributed by atoms with E-state index in [0.717, 1.165) is 24.1 Å². The molecule has 1 saturated carbocycles. The minimum Gasteiger partial charge on any atom is -0.497 e. The van der Waals surface area contributed by atoms with E-state index in [1.165, 1.54) is 0 Å². The van der Waals surface area contributed by atoms with E-state index >= 15 is 0 Å². The van der Waals surface area contributed by atoms with Crippen molar-refractivity contribution in [2.75, 3.05) is 13.7 Å². The Labute approximate surface area is 207 Å². The fourth-order valence-electron chi connectivity index (χ4n) is 4.13. The molecule has 1 aromatic heterocycles. The smallest absolute Gasteiger partial charge is 0.254 e. The van der Waals surface area contributed by atoms with Crippen LogP contribution in [-0.4, -0.2) is 42.4 Å². The van der Waals surface area contributed by atoms with Crippen molar-refractivity contribution in [1.29, 1.82) is 0 Å². The van der Waals surface area contributed by atoms with Crippen molar-refractivity contribution in [2.24, 2.45) is 11.8 Å². The number of amides is 1. The molecule has 1 heterocycles. The molecule has 3 aromatic rings. The summed E-state index contributed by atoms with van der Waals surface area (Å²) in [5.41, 5.74) is 2.03. The van der Waals surface area contributed by atoms with Crippen LogP contribution < -0.4 is 4.74 Å². The van der Waals surface area contributed by atoms with Crippen LogP contribution >= 0.6 is 0 Å². The quantitative estimate of drug-likeness (QED) is 0.389. The Morgan fingerprint density at radius 3 is 2.40 bits per heavy atom. The molecule has 0 bridgehead atoms. The van der Waals surface area contributed by atoms with Gasteiger partial charge in [0.05, 0.1) is 31.3 Å². The number of nitrogens with zero attached hydrogens (tertiary/aromatic N) is 3. The number of ether oxygens (including phenoxy) is 1. The number of methoxy groups -OCH3 is 1. The van der Waals surface area contributed by atoms with Crippen LogP contribution in [0.15, 0.2) is 66.0 Å². The molecule has 0 aliphatic heterocycles. The number of imidazole rings is 1. The number of carbonyl (C=O) groups is 1. The first-order chi connectivity index (χ1) is 16.8. The Bertz CT molecular complexity index is 1250. The predicted octanol–water partition coefficient (Wildman–Crippen LogP) is 4.57. The first-order valence-electron chi connectivity index (χ1n) is 12.0. The number of aromatic nitrogens is 2. The SMILES string of the molecule is COc1ccc(C(=O)N(Cc2cnc(S(=O)(=O)Cc3ccccc3)n2CC(C)C)CC2CC2)cc1. The average molecular weight is 496 g/mol. The highest BCUT2D eigenvalue weighted by Gasteiger charge is 2.30. The summed E-state index contributed by atoms with van der Waals surface area (Å²) in [6.45, 7) is 5.54. The molecule has 1 aliphatic rings. The van der Waals surface area contributed by atoms with E-state index in [1.807, 2.05) is 36.9 Å². The molecular formula is C27H33N3O4S. The zero-order chi connectivity index (χ0) is 25.0. The van der Waals surface area contributed by atoms with Crippen LogP contribution in [0.4, 0.5) is 0 Å². The average Bonchev–Trinajstić information content (AvgIpc) is 3.57. The van der Waals surface area contributed by atoms with Gasteiger partial charge >= 0.3 is 0 Å². The lowest BCUT2D eigenvalue weighted by Crippen LogP contribution is -2.33. The van der Waals surface area contributed by atoms with Gasteiger partial charge in [-0.15, -0.1) is 0 Å². The van der Waals surface area contributed by atoms with Gasteiger partial charge in [0.2, 0.25) is 15.0 Å². The zero-order valence-electron chi connectivity index (χ0n) is 20.6. The standard InChI is InChI=1S/C27H33N3O4S/c1-20(2)16-30-24(15-28-27(30)35(32,33)19-22-7-5-4-6-8-22)18-29(17-21-9-10-21)26(31)23-11-13-25(34-3)14-12-23/h4-8,11-15,20-21H,9-10,16-19H2,1-3H3. The van der Waals surface area contributed by atoms with Gasteiger partial charge < -0.3 is 14.2 Å². The van der Waals surface area contributed by atoms with Gasteiger partial charge in [0, 0.05) is 18.7 Å².